The van der Waals surface area contributed by atoms with Gasteiger partial charge in [-0.1, -0.05) is 0 Å². The van der Waals surface area contributed by atoms with E-state index in [1.165, 1.54) is 0 Å². The van der Waals surface area contributed by atoms with Crippen LogP contribution in [0.3, 0.4) is 0 Å². The minimum atomic E-state index is -3.90. The van der Waals surface area contributed by atoms with Gasteiger partial charge in [0.15, 0.2) is 0 Å². The van der Waals surface area contributed by atoms with E-state index in [0.717, 1.165) is 13.3 Å². The second kappa shape index (κ2) is 4.81. The maximum atomic E-state index is 13.3. The number of rotatable bonds is 4. The summed E-state index contributed by atoms with van der Waals surface area (Å²) in [4.78, 5) is 27.8. The van der Waals surface area contributed by atoms with Gasteiger partial charge >= 0.3 is 17.9 Å². The highest BCUT2D eigenvalue weighted by atomic mass is 19.3. The number of hydrogen-bond acceptors (Lipinski definition) is 5. The van der Waals surface area contributed by atoms with Crippen LogP contribution < -0.4 is 0 Å². The second-order valence-electron chi connectivity index (χ2n) is 3.03. The lowest BCUT2D eigenvalue weighted by Crippen LogP contribution is -2.28. The number of carbonyl (C=O) groups excluding carboxylic acids is 1. The summed E-state index contributed by atoms with van der Waals surface area (Å²) >= 11 is 0. The van der Waals surface area contributed by atoms with Crippen molar-refractivity contribution in [2.75, 3.05) is 7.11 Å². The largest absolute Gasteiger partial charge is 0.481 e. The van der Waals surface area contributed by atoms with Crippen LogP contribution in [0.5, 0.6) is 0 Å². The number of alkyl halides is 2. The average molecular weight is 246 g/mol. The molecule has 0 atom stereocenters. The van der Waals surface area contributed by atoms with E-state index in [9.17, 15) is 18.4 Å². The third kappa shape index (κ3) is 2.92. The fourth-order valence-electron chi connectivity index (χ4n) is 0.996. The van der Waals surface area contributed by atoms with Crippen LogP contribution in [0.1, 0.15) is 11.4 Å². The minimum absolute atomic E-state index is 0.0157. The molecule has 0 aliphatic heterocycles. The lowest BCUT2D eigenvalue weighted by molar-refractivity contribution is -0.171. The van der Waals surface area contributed by atoms with Gasteiger partial charge in [0.25, 0.3) is 0 Å². The van der Waals surface area contributed by atoms with E-state index >= 15 is 0 Å². The molecule has 0 aromatic carbocycles. The molecule has 0 radical (unpaired) electrons. The molecule has 0 amide bonds. The van der Waals surface area contributed by atoms with E-state index < -0.39 is 30.0 Å². The van der Waals surface area contributed by atoms with E-state index in [1.54, 1.807) is 0 Å². The maximum Gasteiger partial charge on any atom is 0.385 e. The van der Waals surface area contributed by atoms with Crippen molar-refractivity contribution >= 4 is 11.9 Å². The smallest absolute Gasteiger partial charge is 0.385 e. The Morgan fingerprint density at radius 3 is 2.47 bits per heavy atom. The molecule has 0 unspecified atom stereocenters. The van der Waals surface area contributed by atoms with Gasteiger partial charge in [0.2, 0.25) is 0 Å². The molecule has 92 valence electrons. The van der Waals surface area contributed by atoms with Gasteiger partial charge in [-0.25, -0.2) is 4.79 Å². The van der Waals surface area contributed by atoms with Gasteiger partial charge in [-0.3, -0.25) is 14.8 Å². The summed E-state index contributed by atoms with van der Waals surface area (Å²) < 4.78 is 30.4. The van der Waals surface area contributed by atoms with Crippen LogP contribution in [0.25, 0.3) is 0 Å². The molecule has 1 N–H and O–H groups in total. The number of carboxylic acid groups (broad SMARTS) is 1. The summed E-state index contributed by atoms with van der Waals surface area (Å²) in [5.41, 5.74) is -0.875. The van der Waals surface area contributed by atoms with E-state index in [0.29, 0.717) is 6.20 Å². The third-order valence-corrected chi connectivity index (χ3v) is 1.80. The zero-order valence-corrected chi connectivity index (χ0v) is 8.68. The average Bonchev–Trinajstić information content (AvgIpc) is 2.27. The summed E-state index contributed by atoms with van der Waals surface area (Å²) in [6.45, 7) is 0. The molecule has 0 saturated carbocycles. The highest BCUT2D eigenvalue weighted by Crippen LogP contribution is 2.26. The lowest BCUT2D eigenvalue weighted by atomic mass is 10.2. The number of carbonyl (C=O) groups is 2. The third-order valence-electron chi connectivity index (χ3n) is 1.80. The Labute approximate surface area is 94.3 Å². The molecule has 1 aromatic heterocycles. The number of halogens is 2. The molecule has 8 heteroatoms. The minimum Gasteiger partial charge on any atom is -0.481 e. The van der Waals surface area contributed by atoms with Gasteiger partial charge < -0.3 is 9.84 Å². The van der Waals surface area contributed by atoms with Crippen LogP contribution >= 0.6 is 0 Å². The quantitative estimate of drug-likeness (QED) is 0.772. The maximum absolute atomic E-state index is 13.3. The predicted molar refractivity (Wildman–Crippen MR) is 49.3 cm³/mol. The first-order valence-electron chi connectivity index (χ1n) is 4.37. The SMILES string of the molecule is COC(=O)C(F)(F)c1cnc(CC(=O)O)cn1. The molecule has 1 rings (SSSR count). The number of esters is 1. The summed E-state index contributed by atoms with van der Waals surface area (Å²) in [6.07, 6.45) is 1.09. The van der Waals surface area contributed by atoms with Gasteiger partial charge in [-0.15, -0.1) is 0 Å². The predicted octanol–water partition coefficient (Wildman–Crippen LogP) is 0.368. The van der Waals surface area contributed by atoms with Crippen LogP contribution in [0, 0.1) is 0 Å². The monoisotopic (exact) mass is 246 g/mol. The lowest BCUT2D eigenvalue weighted by Gasteiger charge is -2.12. The zero-order chi connectivity index (χ0) is 13.1. The highest BCUT2D eigenvalue weighted by molar-refractivity contribution is 5.78. The van der Waals surface area contributed by atoms with Crippen molar-refractivity contribution in [2.45, 2.75) is 12.3 Å². The molecule has 0 spiro atoms. The zero-order valence-electron chi connectivity index (χ0n) is 8.68. The molecule has 6 nitrogen and oxygen atoms in total. The Morgan fingerprint density at radius 2 is 2.06 bits per heavy atom. The molecule has 0 bridgehead atoms. The van der Waals surface area contributed by atoms with Crippen molar-refractivity contribution < 1.29 is 28.2 Å². The van der Waals surface area contributed by atoms with Gasteiger partial charge in [0.05, 0.1) is 25.4 Å². The Hall–Kier alpha value is -2.12. The van der Waals surface area contributed by atoms with Crippen molar-refractivity contribution in [1.82, 2.24) is 9.97 Å². The van der Waals surface area contributed by atoms with Crippen molar-refractivity contribution in [3.8, 4) is 0 Å². The van der Waals surface area contributed by atoms with Gasteiger partial charge in [-0.2, -0.15) is 8.78 Å². The number of hydrogen-bond donors (Lipinski definition) is 1. The number of carboxylic acids is 1. The molecular weight excluding hydrogens is 238 g/mol. The van der Waals surface area contributed by atoms with Gasteiger partial charge in [0, 0.05) is 6.20 Å². The van der Waals surface area contributed by atoms with Crippen molar-refractivity contribution in [1.29, 1.82) is 0 Å². The summed E-state index contributed by atoms with van der Waals surface area (Å²) in [6, 6.07) is 0. The van der Waals surface area contributed by atoms with Crippen LogP contribution in [0.2, 0.25) is 0 Å². The number of nitrogens with zero attached hydrogens (tertiary/aromatic N) is 2. The highest BCUT2D eigenvalue weighted by Gasteiger charge is 2.44. The molecule has 17 heavy (non-hydrogen) atoms. The molecule has 0 aliphatic rings. The van der Waals surface area contributed by atoms with E-state index in [1.807, 2.05) is 0 Å². The van der Waals surface area contributed by atoms with Gasteiger partial charge in [-0.05, 0) is 0 Å². The van der Waals surface area contributed by atoms with Crippen molar-refractivity contribution in [3.63, 3.8) is 0 Å². The van der Waals surface area contributed by atoms with Crippen LogP contribution in [0.4, 0.5) is 8.78 Å². The van der Waals surface area contributed by atoms with E-state index in [2.05, 4.69) is 14.7 Å². The normalized spacial score (nSPS) is 11.0. The summed E-state index contributed by atoms with van der Waals surface area (Å²) in [7, 11) is 0.822. The second-order valence-corrected chi connectivity index (χ2v) is 3.03. The van der Waals surface area contributed by atoms with Crippen molar-refractivity contribution in [2.24, 2.45) is 0 Å². The Bertz CT molecular complexity index is 433. The molecular formula is C9H8F2N2O4. The first-order valence-corrected chi connectivity index (χ1v) is 4.37. The van der Waals surface area contributed by atoms with Crippen LogP contribution in [0.15, 0.2) is 12.4 Å². The Kier molecular flexibility index (Phi) is 3.66. The van der Waals surface area contributed by atoms with Crippen molar-refractivity contribution in [3.05, 3.63) is 23.8 Å². The first-order chi connectivity index (χ1) is 7.87. The van der Waals surface area contributed by atoms with E-state index in [-0.39, 0.29) is 5.69 Å². The standard InChI is InChI=1S/C9H8F2N2O4/c1-17-8(16)9(10,11)6-4-12-5(3-13-6)2-7(14)15/h3-4H,2H2,1H3,(H,14,15). The molecule has 1 heterocycles. The fourth-order valence-corrected chi connectivity index (χ4v) is 0.996. The number of aliphatic carboxylic acids is 1. The topological polar surface area (TPSA) is 89.4 Å². The summed E-state index contributed by atoms with van der Waals surface area (Å²) in [5, 5.41) is 8.43. The number of ether oxygens (including phenoxy) is 1. The number of aromatic nitrogens is 2. The first kappa shape index (κ1) is 12.9. The van der Waals surface area contributed by atoms with Crippen LogP contribution in [-0.2, 0) is 26.7 Å². The summed E-state index contributed by atoms with van der Waals surface area (Å²) in [5.74, 6) is -6.81. The Morgan fingerprint density at radius 1 is 1.41 bits per heavy atom. The molecule has 0 fully saturated rings. The molecule has 0 aliphatic carbocycles. The number of methoxy groups -OCH3 is 1. The Balaban J connectivity index is 2.94. The molecule has 0 saturated heterocycles. The fraction of sp³-hybridized carbons (Fsp3) is 0.333. The van der Waals surface area contributed by atoms with Gasteiger partial charge in [0.1, 0.15) is 5.69 Å². The van der Waals surface area contributed by atoms with E-state index in [4.69, 9.17) is 5.11 Å². The molecule has 1 aromatic rings. The van der Waals surface area contributed by atoms with Crippen LogP contribution in [-0.4, -0.2) is 34.1 Å².